The van der Waals surface area contributed by atoms with Crippen LogP contribution in [0.15, 0.2) is 48.5 Å². The zero-order chi connectivity index (χ0) is 23.8. The molecular formula is C26H32N4O3. The molecule has 0 radical (unpaired) electrons. The number of piperidine rings is 1. The van der Waals surface area contributed by atoms with Gasteiger partial charge in [-0.2, -0.15) is 5.26 Å². The Labute approximate surface area is 196 Å². The molecule has 1 heterocycles. The Balaban J connectivity index is 1.63. The Morgan fingerprint density at radius 1 is 1.06 bits per heavy atom. The summed E-state index contributed by atoms with van der Waals surface area (Å²) in [5.74, 6) is -0.337. The summed E-state index contributed by atoms with van der Waals surface area (Å²) in [5, 5.41) is 9.20. The van der Waals surface area contributed by atoms with Gasteiger partial charge in [0, 0.05) is 44.3 Å². The number of likely N-dealkylation sites (N-methyl/N-ethyl adjacent to an activating group) is 1. The highest BCUT2D eigenvalue weighted by Gasteiger charge is 2.28. The van der Waals surface area contributed by atoms with Gasteiger partial charge in [0.2, 0.25) is 0 Å². The lowest BCUT2D eigenvalue weighted by Gasteiger charge is -2.39. The number of likely N-dealkylation sites (tertiary alicyclic amines) is 1. The fraction of sp³-hybridized carbons (Fsp3) is 0.423. The predicted molar refractivity (Wildman–Crippen MR) is 127 cm³/mol. The van der Waals surface area contributed by atoms with E-state index in [2.05, 4.69) is 15.9 Å². The molecule has 0 N–H and O–H groups in total. The largest absolute Gasteiger partial charge is 0.465 e. The first-order valence-corrected chi connectivity index (χ1v) is 11.3. The summed E-state index contributed by atoms with van der Waals surface area (Å²) >= 11 is 0. The summed E-state index contributed by atoms with van der Waals surface area (Å²) in [6.07, 6.45) is 1.80. The van der Waals surface area contributed by atoms with Crippen LogP contribution in [0.3, 0.4) is 0 Å². The van der Waals surface area contributed by atoms with E-state index in [4.69, 9.17) is 4.74 Å². The second-order valence-electron chi connectivity index (χ2n) is 8.69. The standard InChI is InChI=1S/C26H32N4O3/c1-28(2)15-16-30(25(31)23-6-4-5-21(17-23)18-27)24-11-13-29(14-12-24)19-20-7-9-22(10-8-20)26(32)33-3/h4-10,17,24H,11-16,19H2,1-3H3. The van der Waals surface area contributed by atoms with Gasteiger partial charge in [-0.25, -0.2) is 4.79 Å². The smallest absolute Gasteiger partial charge is 0.337 e. The van der Waals surface area contributed by atoms with Gasteiger partial charge >= 0.3 is 5.97 Å². The minimum Gasteiger partial charge on any atom is -0.465 e. The summed E-state index contributed by atoms with van der Waals surface area (Å²) in [6.45, 7) is 4.05. The van der Waals surface area contributed by atoms with Crippen LogP contribution < -0.4 is 0 Å². The average Bonchev–Trinajstić information content (AvgIpc) is 2.84. The highest BCUT2D eigenvalue weighted by atomic mass is 16.5. The minimum atomic E-state index is -0.329. The molecule has 1 aliphatic heterocycles. The van der Waals surface area contributed by atoms with E-state index < -0.39 is 0 Å². The van der Waals surface area contributed by atoms with Crippen molar-refractivity contribution >= 4 is 11.9 Å². The van der Waals surface area contributed by atoms with E-state index >= 15 is 0 Å². The van der Waals surface area contributed by atoms with E-state index in [-0.39, 0.29) is 17.9 Å². The molecule has 0 unspecified atom stereocenters. The molecule has 174 valence electrons. The highest BCUT2D eigenvalue weighted by Crippen LogP contribution is 2.21. The molecule has 0 bridgehead atoms. The molecule has 0 saturated carbocycles. The lowest BCUT2D eigenvalue weighted by Crippen LogP contribution is -2.49. The number of carbonyl (C=O) groups is 2. The Morgan fingerprint density at radius 3 is 2.36 bits per heavy atom. The molecule has 1 saturated heterocycles. The molecule has 1 amide bonds. The first kappa shape index (κ1) is 24.4. The summed E-state index contributed by atoms with van der Waals surface area (Å²) in [7, 11) is 5.40. The van der Waals surface area contributed by atoms with Crippen LogP contribution in [0.1, 0.15) is 44.7 Å². The third kappa shape index (κ3) is 6.64. The molecule has 1 aliphatic rings. The Hall–Kier alpha value is -3.21. The molecule has 1 fully saturated rings. The summed E-state index contributed by atoms with van der Waals surface area (Å²) in [4.78, 5) is 31.4. The second kappa shape index (κ2) is 11.6. The van der Waals surface area contributed by atoms with Gasteiger partial charge in [0.25, 0.3) is 5.91 Å². The number of hydrogen-bond donors (Lipinski definition) is 0. The Kier molecular flexibility index (Phi) is 8.58. The lowest BCUT2D eigenvalue weighted by atomic mass is 10.0. The Bertz CT molecular complexity index is 989. The topological polar surface area (TPSA) is 76.9 Å². The molecule has 0 atom stereocenters. The average molecular weight is 449 g/mol. The van der Waals surface area contributed by atoms with Crippen LogP contribution in [0.5, 0.6) is 0 Å². The van der Waals surface area contributed by atoms with E-state index in [1.54, 1.807) is 36.4 Å². The van der Waals surface area contributed by atoms with Crippen molar-refractivity contribution < 1.29 is 14.3 Å². The Morgan fingerprint density at radius 2 is 1.76 bits per heavy atom. The van der Waals surface area contributed by atoms with Crippen molar-refractivity contribution in [2.24, 2.45) is 0 Å². The highest BCUT2D eigenvalue weighted by molar-refractivity contribution is 5.94. The molecule has 0 spiro atoms. The zero-order valence-corrected chi connectivity index (χ0v) is 19.7. The van der Waals surface area contributed by atoms with Gasteiger partial charge in [-0.1, -0.05) is 18.2 Å². The third-order valence-electron chi connectivity index (χ3n) is 6.07. The molecule has 0 aliphatic carbocycles. The van der Waals surface area contributed by atoms with Gasteiger partial charge in [0.05, 0.1) is 24.3 Å². The van der Waals surface area contributed by atoms with Gasteiger partial charge in [-0.05, 0) is 62.8 Å². The maximum atomic E-state index is 13.4. The number of esters is 1. The van der Waals surface area contributed by atoms with Crippen molar-refractivity contribution in [1.82, 2.24) is 14.7 Å². The number of benzene rings is 2. The van der Waals surface area contributed by atoms with E-state index in [9.17, 15) is 14.9 Å². The van der Waals surface area contributed by atoms with Crippen LogP contribution in [0.2, 0.25) is 0 Å². The summed E-state index contributed by atoms with van der Waals surface area (Å²) < 4.78 is 4.76. The van der Waals surface area contributed by atoms with Crippen LogP contribution in [0.25, 0.3) is 0 Å². The maximum absolute atomic E-state index is 13.4. The van der Waals surface area contributed by atoms with Crippen molar-refractivity contribution in [3.8, 4) is 6.07 Å². The lowest BCUT2D eigenvalue weighted by molar-refractivity contribution is 0.0546. The molecule has 2 aromatic carbocycles. The fourth-order valence-corrected chi connectivity index (χ4v) is 4.16. The number of hydrogen-bond acceptors (Lipinski definition) is 6. The normalized spacial score (nSPS) is 14.6. The number of methoxy groups -OCH3 is 1. The molecular weight excluding hydrogens is 416 g/mol. The van der Waals surface area contributed by atoms with Crippen molar-refractivity contribution in [1.29, 1.82) is 5.26 Å². The van der Waals surface area contributed by atoms with Crippen LogP contribution in [0.4, 0.5) is 0 Å². The van der Waals surface area contributed by atoms with E-state index in [1.165, 1.54) is 7.11 Å². The fourth-order valence-electron chi connectivity index (χ4n) is 4.16. The van der Waals surface area contributed by atoms with Crippen molar-refractivity contribution in [2.45, 2.75) is 25.4 Å². The summed E-state index contributed by atoms with van der Waals surface area (Å²) in [6, 6.07) is 16.8. The third-order valence-corrected chi connectivity index (χ3v) is 6.07. The van der Waals surface area contributed by atoms with Gasteiger partial charge in [-0.15, -0.1) is 0 Å². The van der Waals surface area contributed by atoms with E-state index in [0.717, 1.165) is 44.6 Å². The first-order chi connectivity index (χ1) is 15.9. The molecule has 7 nitrogen and oxygen atoms in total. The van der Waals surface area contributed by atoms with Crippen molar-refractivity contribution in [2.75, 3.05) is 47.4 Å². The van der Waals surface area contributed by atoms with Gasteiger partial charge in [-0.3, -0.25) is 9.69 Å². The molecule has 0 aromatic heterocycles. The first-order valence-electron chi connectivity index (χ1n) is 11.3. The van der Waals surface area contributed by atoms with Gasteiger partial charge < -0.3 is 14.5 Å². The number of nitriles is 1. The minimum absolute atomic E-state index is 0.00852. The van der Waals surface area contributed by atoms with Crippen molar-refractivity contribution in [3.63, 3.8) is 0 Å². The van der Waals surface area contributed by atoms with E-state index in [0.29, 0.717) is 23.2 Å². The number of amides is 1. The van der Waals surface area contributed by atoms with Crippen molar-refractivity contribution in [3.05, 3.63) is 70.8 Å². The van der Waals surface area contributed by atoms with Crippen LogP contribution in [0, 0.1) is 11.3 Å². The predicted octanol–water partition coefficient (Wildman–Crippen LogP) is 3.01. The number of ether oxygens (including phenoxy) is 1. The van der Waals surface area contributed by atoms with Crippen LogP contribution in [-0.2, 0) is 11.3 Å². The quantitative estimate of drug-likeness (QED) is 0.578. The van der Waals surface area contributed by atoms with Crippen LogP contribution >= 0.6 is 0 Å². The monoisotopic (exact) mass is 448 g/mol. The van der Waals surface area contributed by atoms with E-state index in [1.807, 2.05) is 31.1 Å². The molecule has 2 aromatic rings. The number of rotatable bonds is 8. The van der Waals surface area contributed by atoms with Crippen LogP contribution in [-0.4, -0.2) is 80.0 Å². The number of carbonyl (C=O) groups excluding carboxylic acids is 2. The molecule has 3 rings (SSSR count). The summed E-state index contributed by atoms with van der Waals surface area (Å²) in [5.41, 5.74) is 2.77. The van der Waals surface area contributed by atoms with Gasteiger partial charge in [0.1, 0.15) is 0 Å². The molecule has 7 heteroatoms. The zero-order valence-electron chi connectivity index (χ0n) is 19.7. The number of nitrogens with zero attached hydrogens (tertiary/aromatic N) is 4. The molecule has 33 heavy (non-hydrogen) atoms. The van der Waals surface area contributed by atoms with Gasteiger partial charge in [0.15, 0.2) is 0 Å². The maximum Gasteiger partial charge on any atom is 0.337 e. The second-order valence-corrected chi connectivity index (χ2v) is 8.69. The SMILES string of the molecule is COC(=O)c1ccc(CN2CCC(N(CCN(C)C)C(=O)c3cccc(C#N)c3)CC2)cc1.